The maximum Gasteiger partial charge on any atom is 0.144 e. The summed E-state index contributed by atoms with van der Waals surface area (Å²) in [6.07, 6.45) is 5.04. The van der Waals surface area contributed by atoms with Gasteiger partial charge in [0, 0.05) is 23.5 Å². The molecule has 0 aromatic heterocycles. The Kier molecular flexibility index (Phi) is 6.46. The number of hydrogen-bond acceptors (Lipinski definition) is 2. The molecule has 122 valence electrons. The number of carbonyl (C=O) groups is 1. The van der Waals surface area contributed by atoms with E-state index in [-0.39, 0.29) is 11.8 Å². The third-order valence-corrected chi connectivity index (χ3v) is 5.06. The van der Waals surface area contributed by atoms with Gasteiger partial charge >= 0.3 is 0 Å². The maximum absolute atomic E-state index is 12.6. The number of carbonyl (C=O) groups excluding carboxylic acids is 1. The van der Waals surface area contributed by atoms with Gasteiger partial charge in [-0.15, -0.1) is 0 Å². The monoisotopic (exact) mass is 321 g/mol. The fraction of sp³-hybridized carbons (Fsp3) is 0.632. The molecule has 3 heteroatoms. The summed E-state index contributed by atoms with van der Waals surface area (Å²) < 4.78 is 0. The van der Waals surface area contributed by atoms with Crippen LogP contribution in [0.4, 0.5) is 0 Å². The number of rotatable bonds is 6. The van der Waals surface area contributed by atoms with E-state index in [0.29, 0.717) is 16.8 Å². The fourth-order valence-electron chi connectivity index (χ4n) is 3.23. The first-order chi connectivity index (χ1) is 10.5. The van der Waals surface area contributed by atoms with E-state index >= 15 is 0 Å². The van der Waals surface area contributed by atoms with Gasteiger partial charge in [0.25, 0.3) is 0 Å². The van der Waals surface area contributed by atoms with Gasteiger partial charge in [-0.1, -0.05) is 44.5 Å². The molecule has 2 nitrogen and oxygen atoms in total. The minimum atomic E-state index is -0.0726. The molecular weight excluding hydrogens is 294 g/mol. The number of benzene rings is 1. The van der Waals surface area contributed by atoms with Gasteiger partial charge in [0.2, 0.25) is 0 Å². The van der Waals surface area contributed by atoms with Crippen molar-refractivity contribution in [2.24, 2.45) is 11.8 Å². The molecule has 1 aromatic rings. The lowest BCUT2D eigenvalue weighted by atomic mass is 9.85. The Morgan fingerprint density at radius 3 is 2.32 bits per heavy atom. The minimum absolute atomic E-state index is 0.0499. The third kappa shape index (κ3) is 4.82. The second-order valence-electron chi connectivity index (χ2n) is 7.03. The molecule has 0 amide bonds. The van der Waals surface area contributed by atoms with E-state index in [0.717, 1.165) is 18.0 Å². The average Bonchev–Trinajstić information content (AvgIpc) is 2.50. The van der Waals surface area contributed by atoms with Gasteiger partial charge in [-0.25, -0.2) is 0 Å². The largest absolute Gasteiger partial charge is 0.313 e. The number of Topliss-reactive ketones (excluding diaryl/α,β-unsaturated/α-hetero) is 1. The molecule has 1 atom stereocenters. The summed E-state index contributed by atoms with van der Waals surface area (Å²) in [5.74, 6) is 1.13. The van der Waals surface area contributed by atoms with Gasteiger partial charge in [0.15, 0.2) is 0 Å². The van der Waals surface area contributed by atoms with Crippen molar-refractivity contribution in [1.82, 2.24) is 5.32 Å². The van der Waals surface area contributed by atoms with E-state index in [4.69, 9.17) is 11.6 Å². The molecule has 1 aromatic carbocycles. The Morgan fingerprint density at radius 1 is 1.18 bits per heavy atom. The zero-order valence-electron chi connectivity index (χ0n) is 13.9. The van der Waals surface area contributed by atoms with Crippen molar-refractivity contribution in [3.05, 3.63) is 34.9 Å². The number of hydrogen-bond donors (Lipinski definition) is 1. The highest BCUT2D eigenvalue weighted by Gasteiger charge is 2.25. The van der Waals surface area contributed by atoms with Crippen molar-refractivity contribution in [3.8, 4) is 0 Å². The lowest BCUT2D eigenvalue weighted by molar-refractivity contribution is -0.123. The second-order valence-corrected chi connectivity index (χ2v) is 7.46. The van der Waals surface area contributed by atoms with Crippen LogP contribution < -0.4 is 5.32 Å². The molecule has 1 saturated carbocycles. The molecule has 0 bridgehead atoms. The van der Waals surface area contributed by atoms with Gasteiger partial charge in [-0.3, -0.25) is 4.79 Å². The zero-order chi connectivity index (χ0) is 16.1. The van der Waals surface area contributed by atoms with Crippen LogP contribution in [-0.2, 0) is 4.79 Å². The number of ketones is 1. The zero-order valence-corrected chi connectivity index (χ0v) is 14.7. The van der Waals surface area contributed by atoms with E-state index in [1.807, 2.05) is 38.1 Å². The molecular formula is C19H28ClNO. The smallest absolute Gasteiger partial charge is 0.144 e. The molecule has 22 heavy (non-hydrogen) atoms. The van der Waals surface area contributed by atoms with Crippen LogP contribution in [-0.4, -0.2) is 18.4 Å². The van der Waals surface area contributed by atoms with E-state index in [2.05, 4.69) is 12.2 Å². The van der Waals surface area contributed by atoms with Crippen molar-refractivity contribution in [2.45, 2.75) is 58.4 Å². The number of nitrogens with one attached hydrogen (secondary N) is 1. The minimum Gasteiger partial charge on any atom is -0.313 e. The van der Waals surface area contributed by atoms with E-state index in [1.165, 1.54) is 25.7 Å². The van der Waals surface area contributed by atoms with E-state index < -0.39 is 0 Å². The predicted octanol–water partition coefficient (Wildman–Crippen LogP) is 4.82. The molecule has 0 heterocycles. The van der Waals surface area contributed by atoms with Crippen molar-refractivity contribution >= 4 is 17.4 Å². The number of halogens is 1. The molecule has 0 aliphatic heterocycles. The van der Waals surface area contributed by atoms with Crippen molar-refractivity contribution in [3.63, 3.8) is 0 Å². The topological polar surface area (TPSA) is 29.1 Å². The first-order valence-electron chi connectivity index (χ1n) is 8.50. The highest BCUT2D eigenvalue weighted by molar-refractivity contribution is 6.30. The van der Waals surface area contributed by atoms with Crippen molar-refractivity contribution in [2.75, 3.05) is 6.54 Å². The summed E-state index contributed by atoms with van der Waals surface area (Å²) in [5, 5.41) is 4.35. The first kappa shape index (κ1) is 17.5. The molecule has 0 saturated heterocycles. The van der Waals surface area contributed by atoms with Crippen LogP contribution in [0.3, 0.4) is 0 Å². The molecule has 1 aliphatic carbocycles. The Hall–Kier alpha value is -0.860. The van der Waals surface area contributed by atoms with Gasteiger partial charge < -0.3 is 5.32 Å². The summed E-state index contributed by atoms with van der Waals surface area (Å²) in [6, 6.07) is 8.28. The van der Waals surface area contributed by atoms with Gasteiger partial charge in [0.05, 0.1) is 5.92 Å². The lowest BCUT2D eigenvalue weighted by Gasteiger charge is -2.29. The summed E-state index contributed by atoms with van der Waals surface area (Å²) in [7, 11) is 0. The van der Waals surface area contributed by atoms with E-state index in [1.54, 1.807) is 0 Å². The summed E-state index contributed by atoms with van der Waals surface area (Å²) >= 11 is 5.97. The third-order valence-electron chi connectivity index (χ3n) is 4.81. The Labute approximate surface area is 139 Å². The van der Waals surface area contributed by atoms with Crippen LogP contribution in [0.5, 0.6) is 0 Å². The summed E-state index contributed by atoms with van der Waals surface area (Å²) in [4.78, 5) is 12.6. The maximum atomic E-state index is 12.6. The van der Waals surface area contributed by atoms with Crippen molar-refractivity contribution < 1.29 is 4.79 Å². The Balaban J connectivity index is 2.02. The van der Waals surface area contributed by atoms with Gasteiger partial charge in [0.1, 0.15) is 5.78 Å². The van der Waals surface area contributed by atoms with Crippen LogP contribution in [0.15, 0.2) is 24.3 Å². The highest BCUT2D eigenvalue weighted by atomic mass is 35.5. The lowest BCUT2D eigenvalue weighted by Crippen LogP contribution is -2.38. The molecule has 1 unspecified atom stereocenters. The summed E-state index contributed by atoms with van der Waals surface area (Å²) in [6.45, 7) is 7.02. The van der Waals surface area contributed by atoms with E-state index in [9.17, 15) is 4.79 Å². The molecule has 1 aliphatic rings. The van der Waals surface area contributed by atoms with Crippen LogP contribution in [0.2, 0.25) is 5.02 Å². The highest BCUT2D eigenvalue weighted by Crippen LogP contribution is 2.26. The van der Waals surface area contributed by atoms with Gasteiger partial charge in [-0.05, 0) is 49.3 Å². The SMILES string of the molecule is CC(C)C(=O)C(CN[C@H]1CC[C@H](C)CC1)c1ccc(Cl)cc1. The first-order valence-corrected chi connectivity index (χ1v) is 8.87. The summed E-state index contributed by atoms with van der Waals surface area (Å²) in [5.41, 5.74) is 1.07. The normalized spacial score (nSPS) is 23.5. The Bertz CT molecular complexity index is 475. The predicted molar refractivity (Wildman–Crippen MR) is 93.5 cm³/mol. The Morgan fingerprint density at radius 2 is 1.77 bits per heavy atom. The quantitative estimate of drug-likeness (QED) is 0.814. The molecule has 2 rings (SSSR count). The molecule has 1 fully saturated rings. The fourth-order valence-corrected chi connectivity index (χ4v) is 3.35. The van der Waals surface area contributed by atoms with Crippen LogP contribution in [0, 0.1) is 11.8 Å². The molecule has 1 N–H and O–H groups in total. The average molecular weight is 322 g/mol. The van der Waals surface area contributed by atoms with Crippen LogP contribution >= 0.6 is 11.6 Å². The molecule has 0 spiro atoms. The molecule has 0 radical (unpaired) electrons. The standard InChI is InChI=1S/C19H28ClNO/c1-13(2)19(22)18(15-6-8-16(20)9-7-15)12-21-17-10-4-14(3)5-11-17/h6-9,13-14,17-18,21H,4-5,10-12H2,1-3H3/t14-,17-,18?. The van der Waals surface area contributed by atoms with Gasteiger partial charge in [-0.2, -0.15) is 0 Å². The van der Waals surface area contributed by atoms with Crippen LogP contribution in [0.1, 0.15) is 57.9 Å². The van der Waals surface area contributed by atoms with Crippen molar-refractivity contribution in [1.29, 1.82) is 0 Å². The second kappa shape index (κ2) is 8.12. The van der Waals surface area contributed by atoms with Crippen LogP contribution in [0.25, 0.3) is 0 Å².